The minimum atomic E-state index is -4.52. The third-order valence-corrected chi connectivity index (χ3v) is 5.44. The van der Waals surface area contributed by atoms with Crippen molar-refractivity contribution in [2.24, 2.45) is 0 Å². The molecular formula is C20H20ClF3N2S. The van der Waals surface area contributed by atoms with Gasteiger partial charge in [0.15, 0.2) is 5.11 Å². The van der Waals surface area contributed by atoms with Gasteiger partial charge in [-0.25, -0.2) is 0 Å². The highest BCUT2D eigenvalue weighted by Crippen LogP contribution is 2.39. The first-order valence-electron chi connectivity index (χ1n) is 8.73. The summed E-state index contributed by atoms with van der Waals surface area (Å²) in [7, 11) is 0. The van der Waals surface area contributed by atoms with E-state index in [4.69, 9.17) is 23.8 Å². The second-order valence-corrected chi connectivity index (χ2v) is 7.75. The molecule has 144 valence electrons. The molecule has 1 saturated carbocycles. The summed E-state index contributed by atoms with van der Waals surface area (Å²) in [6.07, 6.45) is -0.525. The first-order valence-corrected chi connectivity index (χ1v) is 9.51. The Bertz CT molecular complexity index is 845. The number of benzene rings is 2. The molecule has 2 aromatic carbocycles. The highest BCUT2D eigenvalue weighted by Gasteiger charge is 2.37. The average Bonchev–Trinajstić information content (AvgIpc) is 3.05. The molecule has 1 aliphatic carbocycles. The van der Waals surface area contributed by atoms with Crippen molar-refractivity contribution in [2.75, 3.05) is 5.32 Å². The van der Waals surface area contributed by atoms with Crippen molar-refractivity contribution in [1.82, 2.24) is 5.32 Å². The maximum Gasteiger partial charge on any atom is 0.417 e. The predicted octanol–water partition coefficient (Wildman–Crippen LogP) is 6.42. The Morgan fingerprint density at radius 1 is 1.11 bits per heavy atom. The molecule has 2 N–H and O–H groups in total. The highest BCUT2D eigenvalue weighted by atomic mass is 35.5. The third-order valence-electron chi connectivity index (χ3n) is 4.91. The molecule has 0 heterocycles. The lowest BCUT2D eigenvalue weighted by Gasteiger charge is -2.33. The van der Waals surface area contributed by atoms with E-state index in [1.165, 1.54) is 12.1 Å². The molecule has 7 heteroatoms. The number of alkyl halides is 3. The van der Waals surface area contributed by atoms with Crippen molar-refractivity contribution in [3.63, 3.8) is 0 Å². The molecule has 0 amide bonds. The van der Waals surface area contributed by atoms with E-state index in [1.807, 2.05) is 19.1 Å². The zero-order chi connectivity index (χ0) is 19.7. The molecule has 0 bridgehead atoms. The predicted molar refractivity (Wildman–Crippen MR) is 107 cm³/mol. The number of hydrogen-bond acceptors (Lipinski definition) is 1. The Hall–Kier alpha value is -1.79. The Morgan fingerprint density at radius 3 is 2.44 bits per heavy atom. The summed E-state index contributed by atoms with van der Waals surface area (Å²) < 4.78 is 39.2. The van der Waals surface area contributed by atoms with Crippen molar-refractivity contribution in [3.8, 4) is 0 Å². The Labute approximate surface area is 167 Å². The van der Waals surface area contributed by atoms with Crippen LogP contribution in [0.25, 0.3) is 0 Å². The van der Waals surface area contributed by atoms with E-state index in [9.17, 15) is 13.2 Å². The molecule has 0 aromatic heterocycles. The van der Waals surface area contributed by atoms with Crippen LogP contribution in [0.15, 0.2) is 42.5 Å². The van der Waals surface area contributed by atoms with Crippen LogP contribution >= 0.6 is 23.8 Å². The average molecular weight is 413 g/mol. The van der Waals surface area contributed by atoms with E-state index in [2.05, 4.69) is 22.8 Å². The van der Waals surface area contributed by atoms with Crippen LogP contribution in [0.1, 0.15) is 42.4 Å². The van der Waals surface area contributed by atoms with Gasteiger partial charge in [-0.2, -0.15) is 13.2 Å². The molecule has 1 aliphatic rings. The second-order valence-electron chi connectivity index (χ2n) is 6.93. The smallest absolute Gasteiger partial charge is 0.353 e. The van der Waals surface area contributed by atoms with Gasteiger partial charge in [-0.15, -0.1) is 0 Å². The molecule has 0 atom stereocenters. The van der Waals surface area contributed by atoms with Crippen molar-refractivity contribution in [1.29, 1.82) is 0 Å². The second kappa shape index (κ2) is 7.68. The summed E-state index contributed by atoms with van der Waals surface area (Å²) >= 11 is 11.1. The van der Waals surface area contributed by atoms with Gasteiger partial charge in [0.2, 0.25) is 0 Å². The maximum absolute atomic E-state index is 13.1. The third kappa shape index (κ3) is 4.55. The summed E-state index contributed by atoms with van der Waals surface area (Å²) in [5.74, 6) is 0. The fraction of sp³-hybridized carbons (Fsp3) is 0.350. The van der Waals surface area contributed by atoms with Crippen LogP contribution in [-0.4, -0.2) is 5.11 Å². The number of hydrogen-bond donors (Lipinski definition) is 2. The zero-order valence-corrected chi connectivity index (χ0v) is 16.4. The summed E-state index contributed by atoms with van der Waals surface area (Å²) in [6, 6.07) is 11.9. The van der Waals surface area contributed by atoms with Crippen LogP contribution in [0, 0.1) is 6.92 Å². The van der Waals surface area contributed by atoms with E-state index in [-0.39, 0.29) is 16.2 Å². The van der Waals surface area contributed by atoms with Gasteiger partial charge in [0.25, 0.3) is 0 Å². The summed E-state index contributed by atoms with van der Waals surface area (Å²) in [5.41, 5.74) is 1.38. The molecular weight excluding hydrogens is 393 g/mol. The lowest BCUT2D eigenvalue weighted by molar-refractivity contribution is -0.137. The molecule has 0 aliphatic heterocycles. The van der Waals surface area contributed by atoms with Crippen LogP contribution < -0.4 is 10.6 Å². The molecule has 27 heavy (non-hydrogen) atoms. The maximum atomic E-state index is 13.1. The lowest BCUT2D eigenvalue weighted by atomic mass is 9.87. The molecule has 2 nitrogen and oxygen atoms in total. The Balaban J connectivity index is 1.80. The first kappa shape index (κ1) is 20.0. The van der Waals surface area contributed by atoms with E-state index in [0.29, 0.717) is 5.11 Å². The monoisotopic (exact) mass is 412 g/mol. The Morgan fingerprint density at radius 2 is 1.81 bits per heavy atom. The van der Waals surface area contributed by atoms with Gasteiger partial charge in [-0.1, -0.05) is 54.3 Å². The van der Waals surface area contributed by atoms with Crippen LogP contribution in [0.5, 0.6) is 0 Å². The van der Waals surface area contributed by atoms with E-state index < -0.39 is 11.7 Å². The van der Waals surface area contributed by atoms with E-state index in [0.717, 1.165) is 42.9 Å². The Kier molecular flexibility index (Phi) is 5.68. The fourth-order valence-electron chi connectivity index (χ4n) is 3.61. The summed E-state index contributed by atoms with van der Waals surface area (Å²) in [6.45, 7) is 2.04. The zero-order valence-electron chi connectivity index (χ0n) is 14.8. The van der Waals surface area contributed by atoms with Gasteiger partial charge in [-0.3, -0.25) is 0 Å². The van der Waals surface area contributed by atoms with Gasteiger partial charge in [0, 0.05) is 5.69 Å². The number of rotatable bonds is 3. The van der Waals surface area contributed by atoms with Gasteiger partial charge < -0.3 is 10.6 Å². The van der Waals surface area contributed by atoms with E-state index >= 15 is 0 Å². The molecule has 3 rings (SSSR count). The molecule has 0 radical (unpaired) electrons. The quantitative estimate of drug-likeness (QED) is 0.568. The molecule has 1 fully saturated rings. The number of anilines is 1. The SMILES string of the molecule is Cc1cccc(C2(NC(=S)Nc3ccc(Cl)c(C(F)(F)F)c3)CCCC2)c1. The normalized spacial score (nSPS) is 16.2. The number of nitrogens with one attached hydrogen (secondary N) is 2. The van der Waals surface area contributed by atoms with Gasteiger partial charge in [0.1, 0.15) is 0 Å². The van der Waals surface area contributed by atoms with Crippen molar-refractivity contribution < 1.29 is 13.2 Å². The molecule has 2 aromatic rings. The van der Waals surface area contributed by atoms with Crippen LogP contribution in [0.2, 0.25) is 5.02 Å². The summed E-state index contributed by atoms with van der Waals surface area (Å²) in [4.78, 5) is 0. The number of halogens is 4. The molecule has 0 saturated heterocycles. The van der Waals surface area contributed by atoms with Crippen LogP contribution in [-0.2, 0) is 11.7 Å². The van der Waals surface area contributed by atoms with E-state index in [1.54, 1.807) is 0 Å². The van der Waals surface area contributed by atoms with Gasteiger partial charge in [0.05, 0.1) is 16.1 Å². The fourth-order valence-corrected chi connectivity index (χ4v) is 4.14. The number of thiocarbonyl (C=S) groups is 1. The van der Waals surface area contributed by atoms with Crippen molar-refractivity contribution in [2.45, 2.75) is 44.3 Å². The van der Waals surface area contributed by atoms with Crippen molar-refractivity contribution in [3.05, 3.63) is 64.2 Å². The minimum Gasteiger partial charge on any atom is -0.353 e. The molecule has 0 unspecified atom stereocenters. The number of aryl methyl sites for hydroxylation is 1. The van der Waals surface area contributed by atoms with Crippen LogP contribution in [0.4, 0.5) is 18.9 Å². The van der Waals surface area contributed by atoms with Gasteiger partial charge >= 0.3 is 6.18 Å². The minimum absolute atomic E-state index is 0.251. The largest absolute Gasteiger partial charge is 0.417 e. The van der Waals surface area contributed by atoms with Gasteiger partial charge in [-0.05, 0) is 55.7 Å². The van der Waals surface area contributed by atoms with Crippen LogP contribution in [0.3, 0.4) is 0 Å². The standard InChI is InChI=1S/C20H20ClF3N2S/c1-13-5-4-6-14(11-13)19(9-2-3-10-19)26-18(27)25-15-7-8-17(21)16(12-15)20(22,23)24/h4-8,11-12H,2-3,9-10H2,1H3,(H2,25,26,27). The topological polar surface area (TPSA) is 24.1 Å². The molecule has 0 spiro atoms. The van der Waals surface area contributed by atoms with Crippen molar-refractivity contribution >= 4 is 34.6 Å². The lowest BCUT2D eigenvalue weighted by Crippen LogP contribution is -2.45. The first-order chi connectivity index (χ1) is 12.7. The summed E-state index contributed by atoms with van der Waals surface area (Å²) in [5, 5.41) is 6.21. The highest BCUT2D eigenvalue weighted by molar-refractivity contribution is 7.80.